The Kier molecular flexibility index (Phi) is 3.58. The van der Waals surface area contributed by atoms with Crippen molar-refractivity contribution in [1.82, 2.24) is 0 Å². The van der Waals surface area contributed by atoms with Gasteiger partial charge in [0.05, 0.1) is 0 Å². The molecule has 0 amide bonds. The van der Waals surface area contributed by atoms with Gasteiger partial charge in [0.1, 0.15) is 0 Å². The van der Waals surface area contributed by atoms with Crippen LogP contribution in [0.3, 0.4) is 0 Å². The molecule has 0 saturated carbocycles. The van der Waals surface area contributed by atoms with Crippen LogP contribution in [0.2, 0.25) is 0 Å². The number of aryl methyl sites for hydroxylation is 1. The Morgan fingerprint density at radius 3 is 2.36 bits per heavy atom. The lowest BCUT2D eigenvalue weighted by atomic mass is 9.83. The van der Waals surface area contributed by atoms with E-state index in [1.54, 1.807) is 0 Å². The number of benzene rings is 1. The molecule has 1 aromatic carbocycles. The summed E-state index contributed by atoms with van der Waals surface area (Å²) in [6, 6.07) is 6.44. The van der Waals surface area contributed by atoms with Gasteiger partial charge in [-0.1, -0.05) is 39.0 Å². The topological polar surface area (TPSA) is 26.0 Å². The standard InChI is InChI=1S/C12H18IN/c1-8-6-5-7-9(10(8)13)11(14)12(2,3)4/h5-7,11H,14H2,1-4H3/t11-/m0/s1. The second-order valence-electron chi connectivity index (χ2n) is 4.82. The molecule has 0 heterocycles. The van der Waals surface area contributed by atoms with Crippen molar-refractivity contribution in [2.75, 3.05) is 0 Å². The molecule has 0 aliphatic heterocycles. The molecule has 0 unspecified atom stereocenters. The summed E-state index contributed by atoms with van der Waals surface area (Å²) in [6.07, 6.45) is 0. The Hall–Kier alpha value is -0.0900. The maximum absolute atomic E-state index is 6.24. The highest BCUT2D eigenvalue weighted by molar-refractivity contribution is 14.1. The molecule has 0 aliphatic carbocycles. The van der Waals surface area contributed by atoms with E-state index in [2.05, 4.69) is 68.5 Å². The number of nitrogens with two attached hydrogens (primary N) is 1. The summed E-state index contributed by atoms with van der Waals surface area (Å²) in [5.41, 5.74) is 8.93. The number of hydrogen-bond acceptors (Lipinski definition) is 1. The molecular formula is C12H18IN. The van der Waals surface area contributed by atoms with E-state index in [0.29, 0.717) is 0 Å². The molecule has 2 N–H and O–H groups in total. The van der Waals surface area contributed by atoms with Gasteiger partial charge in [-0.25, -0.2) is 0 Å². The van der Waals surface area contributed by atoms with Gasteiger partial charge in [0, 0.05) is 9.61 Å². The van der Waals surface area contributed by atoms with Crippen LogP contribution in [0.4, 0.5) is 0 Å². The average molecular weight is 303 g/mol. The lowest BCUT2D eigenvalue weighted by Crippen LogP contribution is -2.27. The third-order valence-corrected chi connectivity index (χ3v) is 3.96. The smallest absolute Gasteiger partial charge is 0.0354 e. The van der Waals surface area contributed by atoms with Gasteiger partial charge in [-0.05, 0) is 46.1 Å². The van der Waals surface area contributed by atoms with Crippen LogP contribution in [0.1, 0.15) is 37.9 Å². The van der Waals surface area contributed by atoms with Gasteiger partial charge in [0.2, 0.25) is 0 Å². The fourth-order valence-electron chi connectivity index (χ4n) is 1.38. The fraction of sp³-hybridized carbons (Fsp3) is 0.500. The molecule has 0 spiro atoms. The summed E-state index contributed by atoms with van der Waals surface area (Å²) in [5.74, 6) is 0. The van der Waals surface area contributed by atoms with Crippen molar-refractivity contribution in [3.8, 4) is 0 Å². The Morgan fingerprint density at radius 2 is 1.86 bits per heavy atom. The Labute approximate surface area is 100 Å². The van der Waals surface area contributed by atoms with Crippen LogP contribution >= 0.6 is 22.6 Å². The lowest BCUT2D eigenvalue weighted by Gasteiger charge is -2.28. The largest absolute Gasteiger partial charge is 0.323 e. The van der Waals surface area contributed by atoms with E-state index in [0.717, 1.165) is 0 Å². The SMILES string of the molecule is Cc1cccc([C@H](N)C(C)(C)C)c1I. The molecule has 1 nitrogen and oxygen atoms in total. The number of halogens is 1. The van der Waals surface area contributed by atoms with E-state index >= 15 is 0 Å². The predicted molar refractivity (Wildman–Crippen MR) is 70.3 cm³/mol. The fourth-order valence-corrected chi connectivity index (χ4v) is 2.07. The highest BCUT2D eigenvalue weighted by atomic mass is 127. The van der Waals surface area contributed by atoms with E-state index in [4.69, 9.17) is 5.73 Å². The molecule has 0 bridgehead atoms. The van der Waals surface area contributed by atoms with Crippen LogP contribution in [0, 0.1) is 15.9 Å². The van der Waals surface area contributed by atoms with Crippen molar-refractivity contribution in [2.45, 2.75) is 33.7 Å². The van der Waals surface area contributed by atoms with Crippen LogP contribution in [0.15, 0.2) is 18.2 Å². The molecule has 1 rings (SSSR count). The lowest BCUT2D eigenvalue weighted by molar-refractivity contribution is 0.326. The maximum atomic E-state index is 6.24. The van der Waals surface area contributed by atoms with Gasteiger partial charge < -0.3 is 5.73 Å². The molecule has 1 aromatic rings. The molecule has 78 valence electrons. The van der Waals surface area contributed by atoms with Crippen LogP contribution in [0.25, 0.3) is 0 Å². The number of hydrogen-bond donors (Lipinski definition) is 1. The first-order chi connectivity index (χ1) is 6.34. The zero-order valence-corrected chi connectivity index (χ0v) is 11.4. The quantitative estimate of drug-likeness (QED) is 0.788. The Morgan fingerprint density at radius 1 is 1.29 bits per heavy atom. The minimum absolute atomic E-state index is 0.106. The van der Waals surface area contributed by atoms with E-state index < -0.39 is 0 Å². The molecule has 14 heavy (non-hydrogen) atoms. The van der Waals surface area contributed by atoms with Crippen molar-refractivity contribution in [3.63, 3.8) is 0 Å². The van der Waals surface area contributed by atoms with E-state index in [1.807, 2.05) is 0 Å². The summed E-state index contributed by atoms with van der Waals surface area (Å²) < 4.78 is 1.30. The van der Waals surface area contributed by atoms with Gasteiger partial charge in [-0.15, -0.1) is 0 Å². The van der Waals surface area contributed by atoms with Crippen molar-refractivity contribution in [3.05, 3.63) is 32.9 Å². The third kappa shape index (κ3) is 2.48. The first-order valence-corrected chi connectivity index (χ1v) is 5.92. The summed E-state index contributed by atoms with van der Waals surface area (Å²) in [7, 11) is 0. The number of rotatable bonds is 1. The van der Waals surface area contributed by atoms with Crippen molar-refractivity contribution in [1.29, 1.82) is 0 Å². The molecule has 0 fully saturated rings. The van der Waals surface area contributed by atoms with Crippen LogP contribution in [-0.2, 0) is 0 Å². The zero-order chi connectivity index (χ0) is 10.9. The summed E-state index contributed by atoms with van der Waals surface area (Å²) in [5, 5.41) is 0. The summed E-state index contributed by atoms with van der Waals surface area (Å²) in [6.45, 7) is 8.66. The van der Waals surface area contributed by atoms with E-state index in [1.165, 1.54) is 14.7 Å². The molecular weight excluding hydrogens is 285 g/mol. The highest BCUT2D eigenvalue weighted by Crippen LogP contribution is 2.33. The first-order valence-electron chi connectivity index (χ1n) is 4.84. The van der Waals surface area contributed by atoms with Crippen molar-refractivity contribution < 1.29 is 0 Å². The Balaban J connectivity index is 3.14. The van der Waals surface area contributed by atoms with Gasteiger partial charge in [-0.3, -0.25) is 0 Å². The van der Waals surface area contributed by atoms with Gasteiger partial charge >= 0.3 is 0 Å². The second-order valence-corrected chi connectivity index (χ2v) is 5.90. The van der Waals surface area contributed by atoms with E-state index in [-0.39, 0.29) is 11.5 Å². The Bertz CT molecular complexity index is 326. The molecule has 0 aliphatic rings. The first kappa shape index (κ1) is 12.0. The van der Waals surface area contributed by atoms with E-state index in [9.17, 15) is 0 Å². The van der Waals surface area contributed by atoms with Crippen LogP contribution in [0.5, 0.6) is 0 Å². The second kappa shape index (κ2) is 4.19. The normalized spacial score (nSPS) is 14.1. The minimum Gasteiger partial charge on any atom is -0.323 e. The molecule has 0 saturated heterocycles. The third-order valence-electron chi connectivity index (χ3n) is 2.49. The van der Waals surface area contributed by atoms with Crippen molar-refractivity contribution >= 4 is 22.6 Å². The van der Waals surface area contributed by atoms with Crippen LogP contribution < -0.4 is 5.73 Å². The summed E-state index contributed by atoms with van der Waals surface area (Å²) >= 11 is 2.38. The molecule has 0 aromatic heterocycles. The maximum Gasteiger partial charge on any atom is 0.0354 e. The average Bonchev–Trinajstić information content (AvgIpc) is 2.07. The summed E-state index contributed by atoms with van der Waals surface area (Å²) in [4.78, 5) is 0. The van der Waals surface area contributed by atoms with Gasteiger partial charge in [-0.2, -0.15) is 0 Å². The molecule has 1 atom stereocenters. The molecule has 2 heteroatoms. The minimum atomic E-state index is 0.106. The zero-order valence-electron chi connectivity index (χ0n) is 9.26. The monoisotopic (exact) mass is 303 g/mol. The predicted octanol–water partition coefficient (Wildman–Crippen LogP) is 3.65. The molecule has 0 radical (unpaired) electrons. The van der Waals surface area contributed by atoms with Crippen LogP contribution in [-0.4, -0.2) is 0 Å². The van der Waals surface area contributed by atoms with Gasteiger partial charge in [0.25, 0.3) is 0 Å². The van der Waals surface area contributed by atoms with Gasteiger partial charge in [0.15, 0.2) is 0 Å². The highest BCUT2D eigenvalue weighted by Gasteiger charge is 2.24. The van der Waals surface area contributed by atoms with Crippen molar-refractivity contribution in [2.24, 2.45) is 11.1 Å².